The third kappa shape index (κ3) is 3.03. The van der Waals surface area contributed by atoms with Gasteiger partial charge in [-0.05, 0) is 0 Å². The molecule has 9 heavy (non-hydrogen) atoms. The van der Waals surface area contributed by atoms with E-state index in [1.54, 1.807) is 0 Å². The molecular formula is C3H4N2O4. The van der Waals surface area contributed by atoms with Gasteiger partial charge in [0.05, 0.1) is 0 Å². The van der Waals surface area contributed by atoms with Gasteiger partial charge in [0.2, 0.25) is 0 Å². The van der Waals surface area contributed by atoms with Gasteiger partial charge in [-0.1, -0.05) is 0 Å². The lowest BCUT2D eigenvalue weighted by Crippen LogP contribution is -2.39. The second-order valence-electron chi connectivity index (χ2n) is 1.12. The molecule has 0 rings (SSSR count). The van der Waals surface area contributed by atoms with Gasteiger partial charge in [-0.3, -0.25) is 10.1 Å². The number of imide groups is 1. The Hall–Kier alpha value is -1.59. The van der Waals surface area contributed by atoms with Crippen molar-refractivity contribution in [3.63, 3.8) is 0 Å². The average Bonchev–Trinajstić information content (AvgIpc) is 1.63. The zero-order chi connectivity index (χ0) is 7.44. The molecule has 0 aliphatic rings. The Bertz CT molecular complexity index is 163. The Morgan fingerprint density at radius 3 is 1.89 bits per heavy atom. The maximum Gasteiger partial charge on any atom is 0.394 e. The molecule has 0 spiro atoms. The maximum absolute atomic E-state index is 9.94. The van der Waals surface area contributed by atoms with Crippen molar-refractivity contribution in [2.75, 3.05) is 0 Å². The fourth-order valence-electron chi connectivity index (χ4n) is 0.165. The van der Waals surface area contributed by atoms with E-state index in [-0.39, 0.29) is 0 Å². The minimum Gasteiger partial charge on any atom is -0.474 e. The fourth-order valence-corrected chi connectivity index (χ4v) is 0.165. The van der Waals surface area contributed by atoms with Crippen molar-refractivity contribution in [3.8, 4) is 0 Å². The molecule has 0 atom stereocenters. The summed E-state index contributed by atoms with van der Waals surface area (Å²) >= 11 is 0. The molecule has 0 saturated carbocycles. The highest BCUT2D eigenvalue weighted by Crippen LogP contribution is 1.63. The largest absolute Gasteiger partial charge is 0.474 e. The van der Waals surface area contributed by atoms with E-state index < -0.39 is 17.9 Å². The van der Waals surface area contributed by atoms with Gasteiger partial charge < -0.3 is 10.8 Å². The van der Waals surface area contributed by atoms with Crippen LogP contribution >= 0.6 is 0 Å². The van der Waals surface area contributed by atoms with Gasteiger partial charge in [0.15, 0.2) is 0 Å². The highest BCUT2D eigenvalue weighted by molar-refractivity contribution is 6.34. The number of carboxylic acid groups (broad SMARTS) is 1. The van der Waals surface area contributed by atoms with E-state index in [0.29, 0.717) is 0 Å². The Balaban J connectivity index is 3.79. The monoisotopic (exact) mass is 132 g/mol. The molecule has 0 aromatic heterocycles. The minimum atomic E-state index is -1.74. The molecule has 0 saturated heterocycles. The molecule has 0 aromatic rings. The Morgan fingerprint density at radius 2 is 1.78 bits per heavy atom. The van der Waals surface area contributed by atoms with Gasteiger partial charge in [0.25, 0.3) is 0 Å². The second-order valence-corrected chi connectivity index (χ2v) is 1.12. The molecule has 0 aliphatic heterocycles. The number of primary amides is 1. The SMILES string of the molecule is NC(=O)NC(=O)C(=O)O. The number of hydrogen-bond donors (Lipinski definition) is 3. The molecule has 0 fully saturated rings. The lowest BCUT2D eigenvalue weighted by Gasteiger charge is -1.90. The Kier molecular flexibility index (Phi) is 2.18. The van der Waals surface area contributed by atoms with Crippen LogP contribution in [0, 0.1) is 0 Å². The van der Waals surface area contributed by atoms with Crippen molar-refractivity contribution < 1.29 is 19.5 Å². The van der Waals surface area contributed by atoms with Crippen LogP contribution in [-0.4, -0.2) is 23.0 Å². The first-order valence-corrected chi connectivity index (χ1v) is 1.87. The number of carboxylic acids is 1. The molecule has 6 heteroatoms. The highest BCUT2D eigenvalue weighted by atomic mass is 16.4. The number of urea groups is 1. The van der Waals surface area contributed by atoms with E-state index in [0.717, 1.165) is 0 Å². The van der Waals surface area contributed by atoms with E-state index in [2.05, 4.69) is 5.73 Å². The molecule has 50 valence electrons. The first-order valence-electron chi connectivity index (χ1n) is 1.87. The van der Waals surface area contributed by atoms with Crippen LogP contribution in [-0.2, 0) is 9.59 Å². The van der Waals surface area contributed by atoms with Crippen molar-refractivity contribution in [2.45, 2.75) is 0 Å². The predicted molar refractivity (Wildman–Crippen MR) is 25.4 cm³/mol. The number of rotatable bonds is 0. The summed E-state index contributed by atoms with van der Waals surface area (Å²) in [6.45, 7) is 0. The maximum atomic E-state index is 9.94. The van der Waals surface area contributed by atoms with Gasteiger partial charge in [-0.2, -0.15) is 0 Å². The molecule has 6 nitrogen and oxygen atoms in total. The van der Waals surface area contributed by atoms with E-state index in [4.69, 9.17) is 5.11 Å². The summed E-state index contributed by atoms with van der Waals surface area (Å²) in [5.74, 6) is -3.17. The minimum absolute atomic E-state index is 1.18. The Morgan fingerprint density at radius 1 is 1.33 bits per heavy atom. The van der Waals surface area contributed by atoms with Gasteiger partial charge in [-0.25, -0.2) is 9.59 Å². The zero-order valence-corrected chi connectivity index (χ0v) is 4.25. The molecule has 0 heterocycles. The summed E-state index contributed by atoms with van der Waals surface area (Å²) < 4.78 is 0. The predicted octanol–water partition coefficient (Wildman–Crippen LogP) is -1.73. The molecular weight excluding hydrogens is 128 g/mol. The van der Waals surface area contributed by atoms with Crippen LogP contribution in [0.1, 0.15) is 0 Å². The van der Waals surface area contributed by atoms with Crippen LogP contribution in [0.2, 0.25) is 0 Å². The summed E-state index contributed by atoms with van der Waals surface area (Å²) in [6.07, 6.45) is 0. The van der Waals surface area contributed by atoms with Crippen LogP contribution < -0.4 is 11.1 Å². The number of carbonyl (C=O) groups excluding carboxylic acids is 2. The van der Waals surface area contributed by atoms with Crippen LogP contribution in [0.3, 0.4) is 0 Å². The molecule has 0 bridgehead atoms. The normalized spacial score (nSPS) is 8.00. The smallest absolute Gasteiger partial charge is 0.394 e. The first kappa shape index (κ1) is 7.41. The number of amides is 3. The number of hydrogen-bond acceptors (Lipinski definition) is 3. The fraction of sp³-hybridized carbons (Fsp3) is 0. The number of aliphatic carboxylic acids is 1. The third-order valence-corrected chi connectivity index (χ3v) is 0.431. The van der Waals surface area contributed by atoms with Crippen molar-refractivity contribution in [1.29, 1.82) is 0 Å². The van der Waals surface area contributed by atoms with E-state index >= 15 is 0 Å². The number of nitrogens with two attached hydrogens (primary N) is 1. The van der Waals surface area contributed by atoms with Gasteiger partial charge in [0.1, 0.15) is 0 Å². The topological polar surface area (TPSA) is 109 Å². The lowest BCUT2D eigenvalue weighted by atomic mass is 10.6. The van der Waals surface area contributed by atoms with Crippen LogP contribution in [0.15, 0.2) is 0 Å². The molecule has 0 aliphatic carbocycles. The van der Waals surface area contributed by atoms with Crippen LogP contribution in [0.25, 0.3) is 0 Å². The van der Waals surface area contributed by atoms with E-state index in [1.807, 2.05) is 0 Å². The first-order chi connectivity index (χ1) is 4.04. The van der Waals surface area contributed by atoms with Crippen LogP contribution in [0.5, 0.6) is 0 Å². The second kappa shape index (κ2) is 2.65. The standard InChI is InChI=1S/C3H4N2O4/c4-3(9)5-1(6)2(7)8/h(H,7,8)(H3,4,5,6,9). The van der Waals surface area contributed by atoms with Gasteiger partial charge >= 0.3 is 17.9 Å². The van der Waals surface area contributed by atoms with Crippen molar-refractivity contribution in [3.05, 3.63) is 0 Å². The summed E-state index contributed by atoms with van der Waals surface area (Å²) in [5, 5.41) is 9.15. The molecule has 0 unspecified atom stereocenters. The van der Waals surface area contributed by atoms with Crippen molar-refractivity contribution >= 4 is 17.9 Å². The summed E-state index contributed by atoms with van der Waals surface area (Å²) in [5.41, 5.74) is 4.40. The zero-order valence-electron chi connectivity index (χ0n) is 4.25. The van der Waals surface area contributed by atoms with Gasteiger partial charge in [-0.15, -0.1) is 0 Å². The molecule has 0 radical (unpaired) electrons. The van der Waals surface area contributed by atoms with E-state index in [1.165, 1.54) is 5.32 Å². The lowest BCUT2D eigenvalue weighted by molar-refractivity contribution is -0.149. The number of carbonyl (C=O) groups is 3. The van der Waals surface area contributed by atoms with Gasteiger partial charge in [0, 0.05) is 0 Å². The quantitative estimate of drug-likeness (QED) is 0.340. The molecule has 3 amide bonds. The van der Waals surface area contributed by atoms with E-state index in [9.17, 15) is 14.4 Å². The number of nitrogens with one attached hydrogen (secondary N) is 1. The average molecular weight is 132 g/mol. The highest BCUT2D eigenvalue weighted by Gasteiger charge is 2.11. The Labute approximate surface area is 49.6 Å². The summed E-state index contributed by atoms with van der Waals surface area (Å²) in [7, 11) is 0. The van der Waals surface area contributed by atoms with Crippen LogP contribution in [0.4, 0.5) is 4.79 Å². The molecule has 4 N–H and O–H groups in total. The molecule has 0 aromatic carbocycles. The van der Waals surface area contributed by atoms with Crippen molar-refractivity contribution in [2.24, 2.45) is 5.73 Å². The summed E-state index contributed by atoms with van der Waals surface area (Å²) in [4.78, 5) is 29.3. The van der Waals surface area contributed by atoms with Crippen molar-refractivity contribution in [1.82, 2.24) is 5.32 Å². The summed E-state index contributed by atoms with van der Waals surface area (Å²) in [6, 6.07) is -1.18. The third-order valence-electron chi connectivity index (χ3n) is 0.431.